The van der Waals surface area contributed by atoms with Crippen LogP contribution < -0.4 is 4.74 Å². The molecule has 5 heteroatoms. The van der Waals surface area contributed by atoms with Gasteiger partial charge in [0.05, 0.1) is 0 Å². The summed E-state index contributed by atoms with van der Waals surface area (Å²) in [6.07, 6.45) is 2.11. The van der Waals surface area contributed by atoms with Crippen LogP contribution in [-0.2, 0) is 4.79 Å². The number of halogens is 2. The summed E-state index contributed by atoms with van der Waals surface area (Å²) in [6.45, 7) is 9.26. The van der Waals surface area contributed by atoms with Gasteiger partial charge in [-0.1, -0.05) is 70.2 Å². The Bertz CT molecular complexity index is 973. The van der Waals surface area contributed by atoms with Gasteiger partial charge in [-0.25, -0.2) is 13.6 Å². The van der Waals surface area contributed by atoms with E-state index < -0.39 is 19.0 Å². The Balaban J connectivity index is 2.71. The minimum atomic E-state index is -2.57. The number of carboxylic acid groups (broad SMARTS) is 1. The molecule has 0 atom stereocenters. The van der Waals surface area contributed by atoms with E-state index in [0.717, 1.165) is 33.9 Å². The highest BCUT2D eigenvalue weighted by Gasteiger charge is 2.20. The van der Waals surface area contributed by atoms with Crippen LogP contribution >= 0.6 is 0 Å². The summed E-state index contributed by atoms with van der Waals surface area (Å²) in [6, 6.07) is 11.7. The summed E-state index contributed by atoms with van der Waals surface area (Å²) in [5.74, 6) is -0.194. The van der Waals surface area contributed by atoms with E-state index in [9.17, 15) is 13.6 Å². The van der Waals surface area contributed by atoms with E-state index in [1.54, 1.807) is 13.0 Å². The van der Waals surface area contributed by atoms with Crippen LogP contribution in [-0.4, -0.2) is 24.1 Å². The molecule has 1 N–H and O–H groups in total. The first-order chi connectivity index (χ1) is 14.6. The first-order valence-electron chi connectivity index (χ1n) is 10.4. The van der Waals surface area contributed by atoms with Gasteiger partial charge in [-0.05, 0) is 52.7 Å². The molecule has 0 spiro atoms. The summed E-state index contributed by atoms with van der Waals surface area (Å²) in [4.78, 5) is 10.9. The molecular formula is C26H30F2O3. The van der Waals surface area contributed by atoms with Gasteiger partial charge < -0.3 is 9.84 Å². The van der Waals surface area contributed by atoms with Gasteiger partial charge in [0.25, 0.3) is 6.43 Å². The van der Waals surface area contributed by atoms with Crippen LogP contribution in [0.4, 0.5) is 8.78 Å². The molecule has 2 aromatic carbocycles. The normalized spacial score (nSPS) is 12.4. The van der Waals surface area contributed by atoms with Gasteiger partial charge >= 0.3 is 5.97 Å². The van der Waals surface area contributed by atoms with E-state index in [-0.39, 0.29) is 11.8 Å². The zero-order valence-corrected chi connectivity index (χ0v) is 18.7. The number of hydrogen-bond donors (Lipinski definition) is 1. The van der Waals surface area contributed by atoms with Crippen LogP contribution in [0.2, 0.25) is 0 Å². The van der Waals surface area contributed by atoms with E-state index in [1.807, 2.05) is 56.3 Å². The molecule has 0 saturated carbocycles. The van der Waals surface area contributed by atoms with Crippen molar-refractivity contribution in [1.82, 2.24) is 0 Å². The average Bonchev–Trinajstić information content (AvgIpc) is 2.69. The summed E-state index contributed by atoms with van der Waals surface area (Å²) >= 11 is 0. The molecule has 0 aliphatic rings. The number of allylic oxidation sites excluding steroid dienone is 2. The van der Waals surface area contributed by atoms with Crippen molar-refractivity contribution >= 4 is 12.0 Å². The highest BCUT2D eigenvalue weighted by molar-refractivity contribution is 5.83. The molecule has 0 amide bonds. The summed E-state index contributed by atoms with van der Waals surface area (Å²) < 4.78 is 31.6. The fraction of sp³-hybridized carbons (Fsp3) is 0.346. The maximum atomic E-state index is 13.0. The average molecular weight is 429 g/mol. The van der Waals surface area contributed by atoms with Gasteiger partial charge in [0.2, 0.25) is 0 Å². The molecule has 2 aromatic rings. The van der Waals surface area contributed by atoms with E-state index in [0.29, 0.717) is 11.3 Å². The third kappa shape index (κ3) is 6.78. The van der Waals surface area contributed by atoms with Gasteiger partial charge in [0.15, 0.2) is 0 Å². The summed E-state index contributed by atoms with van der Waals surface area (Å²) in [5.41, 5.74) is 5.03. The molecule has 0 fully saturated rings. The van der Waals surface area contributed by atoms with Crippen molar-refractivity contribution in [1.29, 1.82) is 0 Å². The molecular weight excluding hydrogens is 398 g/mol. The fourth-order valence-corrected chi connectivity index (χ4v) is 3.30. The number of ether oxygens (including phenoxy) is 1. The van der Waals surface area contributed by atoms with Crippen LogP contribution in [0, 0.1) is 0 Å². The van der Waals surface area contributed by atoms with Crippen LogP contribution in [0.25, 0.3) is 17.2 Å². The lowest BCUT2D eigenvalue weighted by Gasteiger charge is -2.22. The van der Waals surface area contributed by atoms with Gasteiger partial charge in [-0.3, -0.25) is 0 Å². The summed E-state index contributed by atoms with van der Waals surface area (Å²) in [5, 5.41) is 8.93. The van der Waals surface area contributed by atoms with Crippen LogP contribution in [0.5, 0.6) is 5.75 Å². The van der Waals surface area contributed by atoms with E-state index in [1.165, 1.54) is 0 Å². The highest BCUT2D eigenvalue weighted by Crippen LogP contribution is 2.41. The van der Waals surface area contributed by atoms with Gasteiger partial charge in [0, 0.05) is 11.6 Å². The Hall–Kier alpha value is -2.95. The van der Waals surface area contributed by atoms with Crippen molar-refractivity contribution in [2.75, 3.05) is 6.61 Å². The largest absolute Gasteiger partial charge is 0.487 e. The van der Waals surface area contributed by atoms with Crippen LogP contribution in [0.15, 0.2) is 54.1 Å². The van der Waals surface area contributed by atoms with Crippen molar-refractivity contribution in [2.24, 2.45) is 0 Å². The van der Waals surface area contributed by atoms with Crippen LogP contribution in [0.1, 0.15) is 63.1 Å². The second-order valence-corrected chi connectivity index (χ2v) is 8.15. The molecule has 0 unspecified atom stereocenters. The molecule has 0 bridgehead atoms. The standard InChI is InChI=1S/C26H30F2O3/c1-16(2)20-13-22(17(3)4)26(31-15-24(27)28)23(14-20)21-9-7-6-8-19(21)11-10-18(5)12-25(29)30/h6-14,16-17,24H,15H2,1-5H3,(H,29,30). The molecule has 0 aromatic heterocycles. The predicted molar refractivity (Wildman–Crippen MR) is 122 cm³/mol. The minimum Gasteiger partial charge on any atom is -0.487 e. The van der Waals surface area contributed by atoms with Crippen molar-refractivity contribution in [3.05, 3.63) is 70.8 Å². The number of alkyl halides is 2. The van der Waals surface area contributed by atoms with E-state index >= 15 is 0 Å². The third-order valence-electron chi connectivity index (χ3n) is 4.91. The van der Waals surface area contributed by atoms with Crippen LogP contribution in [0.3, 0.4) is 0 Å². The molecule has 2 rings (SSSR count). The van der Waals surface area contributed by atoms with Gasteiger partial charge in [0.1, 0.15) is 12.4 Å². The number of carboxylic acids is 1. The topological polar surface area (TPSA) is 46.5 Å². The first kappa shape index (κ1) is 24.3. The minimum absolute atomic E-state index is 0.0913. The SMILES string of the molecule is CC(C=Cc1ccccc1-c1cc(C(C)C)cc(C(C)C)c1OCC(F)F)=CC(=O)O. The smallest absolute Gasteiger partial charge is 0.328 e. The molecule has 31 heavy (non-hydrogen) atoms. The maximum Gasteiger partial charge on any atom is 0.328 e. The van der Waals surface area contributed by atoms with Gasteiger partial charge in [-0.15, -0.1) is 0 Å². The number of hydrogen-bond acceptors (Lipinski definition) is 2. The highest BCUT2D eigenvalue weighted by atomic mass is 19.3. The molecule has 166 valence electrons. The Kier molecular flexibility index (Phi) is 8.55. The molecule has 0 aliphatic heterocycles. The summed E-state index contributed by atoms with van der Waals surface area (Å²) in [7, 11) is 0. The molecule has 0 heterocycles. The Labute approximate surface area is 183 Å². The number of carbonyl (C=O) groups is 1. The van der Waals surface area contributed by atoms with Crippen molar-refractivity contribution in [2.45, 2.75) is 52.9 Å². The quantitative estimate of drug-likeness (QED) is 0.337. The molecule has 3 nitrogen and oxygen atoms in total. The lowest BCUT2D eigenvalue weighted by atomic mass is 9.88. The maximum absolute atomic E-state index is 13.0. The van der Waals surface area contributed by atoms with Gasteiger partial charge in [-0.2, -0.15) is 0 Å². The van der Waals surface area contributed by atoms with E-state index in [4.69, 9.17) is 9.84 Å². The Morgan fingerprint density at radius 1 is 1.06 bits per heavy atom. The number of aliphatic carboxylic acids is 1. The molecule has 0 saturated heterocycles. The molecule has 0 aliphatic carbocycles. The molecule has 0 radical (unpaired) electrons. The lowest BCUT2D eigenvalue weighted by molar-refractivity contribution is -0.131. The third-order valence-corrected chi connectivity index (χ3v) is 4.91. The number of rotatable bonds is 9. The van der Waals surface area contributed by atoms with Crippen molar-refractivity contribution in [3.63, 3.8) is 0 Å². The first-order valence-corrected chi connectivity index (χ1v) is 10.4. The van der Waals surface area contributed by atoms with Crippen molar-refractivity contribution < 1.29 is 23.4 Å². The predicted octanol–water partition coefficient (Wildman–Crippen LogP) is 7.29. The zero-order chi connectivity index (χ0) is 23.1. The number of benzene rings is 2. The second-order valence-electron chi connectivity index (χ2n) is 8.15. The Morgan fingerprint density at radius 2 is 1.74 bits per heavy atom. The fourth-order valence-electron chi connectivity index (χ4n) is 3.30. The monoisotopic (exact) mass is 428 g/mol. The second kappa shape index (κ2) is 10.9. The van der Waals surface area contributed by atoms with E-state index in [2.05, 4.69) is 13.8 Å². The zero-order valence-electron chi connectivity index (χ0n) is 18.7. The van der Waals surface area contributed by atoms with Crippen molar-refractivity contribution in [3.8, 4) is 16.9 Å². The Morgan fingerprint density at radius 3 is 2.32 bits per heavy atom. The lowest BCUT2D eigenvalue weighted by Crippen LogP contribution is -2.11.